The molecule has 0 spiro atoms. The predicted molar refractivity (Wildman–Crippen MR) is 66.7 cm³/mol. The number of aryl methyl sites for hydroxylation is 1. The number of carbonyl (C=O) groups is 1. The highest BCUT2D eigenvalue weighted by Gasteiger charge is 2.26. The molecule has 0 amide bonds. The monoisotopic (exact) mass is 304 g/mol. The molecule has 20 heavy (non-hydrogen) atoms. The van der Waals surface area contributed by atoms with Crippen LogP contribution in [0.2, 0.25) is 0 Å². The maximum absolute atomic E-state index is 11.9. The van der Waals surface area contributed by atoms with E-state index in [1.165, 1.54) is 13.0 Å². The number of hydrogen-bond acceptors (Lipinski definition) is 6. The molecule has 1 atom stereocenters. The quantitative estimate of drug-likeness (QED) is 0.479. The van der Waals surface area contributed by atoms with E-state index in [2.05, 4.69) is 0 Å². The van der Waals surface area contributed by atoms with Crippen LogP contribution in [0.4, 0.5) is 5.69 Å². The number of nitrogens with one attached hydrogen (secondary N) is 1. The van der Waals surface area contributed by atoms with Crippen LogP contribution in [0, 0.1) is 17.0 Å². The molecular formula is C10H12N2O7S. The number of nitrogens with zero attached hydrogens (tertiary/aromatic N) is 1. The zero-order valence-electron chi connectivity index (χ0n) is 10.3. The lowest BCUT2D eigenvalue weighted by atomic mass is 10.2. The van der Waals surface area contributed by atoms with E-state index in [1.807, 2.05) is 0 Å². The summed E-state index contributed by atoms with van der Waals surface area (Å²) in [6, 6.07) is 1.46. The molecule has 0 saturated carbocycles. The number of nitro groups is 1. The molecule has 1 rings (SSSR count). The van der Waals surface area contributed by atoms with Gasteiger partial charge in [-0.05, 0) is 13.0 Å². The summed E-state index contributed by atoms with van der Waals surface area (Å²) in [6.45, 7) is 0.498. The molecule has 9 nitrogen and oxygen atoms in total. The Hall–Kier alpha value is -2.04. The van der Waals surface area contributed by atoms with Crippen molar-refractivity contribution in [1.29, 1.82) is 0 Å². The summed E-state index contributed by atoms with van der Waals surface area (Å²) in [5.74, 6) is -1.56. The lowest BCUT2D eigenvalue weighted by Gasteiger charge is -2.12. The topological polar surface area (TPSA) is 147 Å². The number of sulfonamides is 1. The number of carboxylic acids is 1. The van der Waals surface area contributed by atoms with Crippen molar-refractivity contribution in [2.75, 3.05) is 6.61 Å². The van der Waals surface area contributed by atoms with Gasteiger partial charge < -0.3 is 10.2 Å². The maximum atomic E-state index is 11.9. The second kappa shape index (κ2) is 5.94. The zero-order chi connectivity index (χ0) is 15.5. The summed E-state index contributed by atoms with van der Waals surface area (Å²) < 4.78 is 25.5. The van der Waals surface area contributed by atoms with Gasteiger partial charge in [0.25, 0.3) is 5.69 Å². The minimum absolute atomic E-state index is 0.269. The van der Waals surface area contributed by atoms with Gasteiger partial charge in [-0.25, -0.2) is 8.42 Å². The smallest absolute Gasteiger partial charge is 0.324 e. The number of aliphatic hydroxyl groups is 1. The third kappa shape index (κ3) is 3.50. The molecule has 0 heterocycles. The second-order valence-electron chi connectivity index (χ2n) is 3.90. The van der Waals surface area contributed by atoms with Crippen LogP contribution in [0.15, 0.2) is 23.1 Å². The van der Waals surface area contributed by atoms with Crippen molar-refractivity contribution >= 4 is 21.7 Å². The van der Waals surface area contributed by atoms with Crippen molar-refractivity contribution in [1.82, 2.24) is 4.72 Å². The Kier molecular flexibility index (Phi) is 4.76. The Labute approximate surface area is 114 Å². The first kappa shape index (κ1) is 16.0. The minimum atomic E-state index is -4.28. The van der Waals surface area contributed by atoms with Crippen molar-refractivity contribution < 1.29 is 28.3 Å². The zero-order valence-corrected chi connectivity index (χ0v) is 11.1. The van der Waals surface area contributed by atoms with Crippen LogP contribution in [0.3, 0.4) is 0 Å². The maximum Gasteiger partial charge on any atom is 0.324 e. The second-order valence-corrected chi connectivity index (χ2v) is 5.61. The van der Waals surface area contributed by atoms with Crippen LogP contribution in [0.5, 0.6) is 0 Å². The molecule has 0 radical (unpaired) electrons. The molecule has 1 aromatic carbocycles. The predicted octanol–water partition coefficient (Wildman–Crippen LogP) is -0.373. The van der Waals surface area contributed by atoms with Gasteiger partial charge in [-0.1, -0.05) is 6.07 Å². The van der Waals surface area contributed by atoms with Crippen LogP contribution in [-0.4, -0.2) is 42.2 Å². The van der Waals surface area contributed by atoms with Gasteiger partial charge in [0.05, 0.1) is 16.4 Å². The summed E-state index contributed by atoms with van der Waals surface area (Å²) in [5, 5.41) is 28.2. The highest BCUT2D eigenvalue weighted by Crippen LogP contribution is 2.22. The summed E-state index contributed by atoms with van der Waals surface area (Å²) >= 11 is 0. The van der Waals surface area contributed by atoms with E-state index >= 15 is 0 Å². The van der Waals surface area contributed by atoms with Crippen LogP contribution in [0.1, 0.15) is 5.56 Å². The molecule has 10 heteroatoms. The summed E-state index contributed by atoms with van der Waals surface area (Å²) in [4.78, 5) is 20.2. The number of aliphatic carboxylic acids is 1. The van der Waals surface area contributed by atoms with Gasteiger partial charge >= 0.3 is 5.97 Å². The lowest BCUT2D eigenvalue weighted by molar-refractivity contribution is -0.385. The Morgan fingerprint density at radius 2 is 2.10 bits per heavy atom. The number of rotatable bonds is 6. The minimum Gasteiger partial charge on any atom is -0.480 e. The molecule has 0 aliphatic heterocycles. The van der Waals surface area contributed by atoms with E-state index in [4.69, 9.17) is 10.2 Å². The number of benzene rings is 1. The molecule has 0 aromatic heterocycles. The summed E-state index contributed by atoms with van der Waals surface area (Å²) in [7, 11) is -4.28. The fraction of sp³-hybridized carbons (Fsp3) is 0.300. The molecular weight excluding hydrogens is 292 g/mol. The average Bonchev–Trinajstić information content (AvgIpc) is 2.35. The first-order chi connectivity index (χ1) is 9.19. The Morgan fingerprint density at radius 3 is 2.55 bits per heavy atom. The average molecular weight is 304 g/mol. The lowest BCUT2D eigenvalue weighted by Crippen LogP contribution is -2.43. The van der Waals surface area contributed by atoms with E-state index < -0.39 is 44.1 Å². The molecule has 110 valence electrons. The molecule has 1 aromatic rings. The number of hydrogen-bond donors (Lipinski definition) is 3. The van der Waals surface area contributed by atoms with Crippen molar-refractivity contribution in [3.05, 3.63) is 33.9 Å². The first-order valence-electron chi connectivity index (χ1n) is 5.30. The van der Waals surface area contributed by atoms with Gasteiger partial charge in [0.15, 0.2) is 0 Å². The van der Waals surface area contributed by atoms with E-state index in [1.54, 1.807) is 4.72 Å². The number of carboxylic acid groups (broad SMARTS) is 1. The standard InChI is InChI=1S/C10H12N2O7S/c1-6-2-3-7(4-9(6)12(16)17)20(18,19)11-8(5-13)10(14)15/h2-4,8,11,13H,5H2,1H3,(H,14,15). The van der Waals surface area contributed by atoms with Gasteiger partial charge in [0.1, 0.15) is 6.04 Å². The Balaban J connectivity index is 3.19. The van der Waals surface area contributed by atoms with E-state index in [0.29, 0.717) is 0 Å². The Bertz CT molecular complexity index is 641. The number of nitro benzene ring substituents is 1. The van der Waals surface area contributed by atoms with Crippen molar-refractivity contribution in [2.24, 2.45) is 0 Å². The molecule has 3 N–H and O–H groups in total. The van der Waals surface area contributed by atoms with E-state index in [-0.39, 0.29) is 5.56 Å². The third-order valence-electron chi connectivity index (χ3n) is 2.47. The normalized spacial score (nSPS) is 12.9. The van der Waals surface area contributed by atoms with Gasteiger partial charge in [-0.2, -0.15) is 4.72 Å². The van der Waals surface area contributed by atoms with Crippen LogP contribution < -0.4 is 4.72 Å². The largest absolute Gasteiger partial charge is 0.480 e. The van der Waals surface area contributed by atoms with Gasteiger partial charge in [-0.15, -0.1) is 0 Å². The molecule has 0 bridgehead atoms. The molecule has 1 unspecified atom stereocenters. The highest BCUT2D eigenvalue weighted by atomic mass is 32.2. The molecule has 0 aliphatic carbocycles. The van der Waals surface area contributed by atoms with Gasteiger partial charge in [0, 0.05) is 11.6 Å². The fourth-order valence-electron chi connectivity index (χ4n) is 1.37. The van der Waals surface area contributed by atoms with Crippen molar-refractivity contribution in [3.8, 4) is 0 Å². The third-order valence-corrected chi connectivity index (χ3v) is 3.94. The molecule has 0 fully saturated rings. The van der Waals surface area contributed by atoms with Gasteiger partial charge in [0.2, 0.25) is 10.0 Å². The van der Waals surface area contributed by atoms with Gasteiger partial charge in [-0.3, -0.25) is 14.9 Å². The fourth-order valence-corrected chi connectivity index (χ4v) is 2.57. The van der Waals surface area contributed by atoms with Crippen molar-refractivity contribution in [3.63, 3.8) is 0 Å². The van der Waals surface area contributed by atoms with E-state index in [0.717, 1.165) is 12.1 Å². The van der Waals surface area contributed by atoms with Crippen molar-refractivity contribution in [2.45, 2.75) is 17.9 Å². The van der Waals surface area contributed by atoms with Crippen LogP contribution >= 0.6 is 0 Å². The molecule has 0 saturated heterocycles. The van der Waals surface area contributed by atoms with Crippen LogP contribution in [-0.2, 0) is 14.8 Å². The Morgan fingerprint density at radius 1 is 1.50 bits per heavy atom. The number of aliphatic hydroxyl groups excluding tert-OH is 1. The highest BCUT2D eigenvalue weighted by molar-refractivity contribution is 7.89. The summed E-state index contributed by atoms with van der Waals surface area (Å²) in [5.41, 5.74) is -0.130. The SMILES string of the molecule is Cc1ccc(S(=O)(=O)NC(CO)C(=O)O)cc1[N+](=O)[O-]. The first-order valence-corrected chi connectivity index (χ1v) is 6.78. The summed E-state index contributed by atoms with van der Waals surface area (Å²) in [6.07, 6.45) is 0. The molecule has 0 aliphatic rings. The van der Waals surface area contributed by atoms with Crippen LogP contribution in [0.25, 0.3) is 0 Å². The van der Waals surface area contributed by atoms with E-state index in [9.17, 15) is 23.3 Å².